The zero-order valence-electron chi connectivity index (χ0n) is 6.59. The minimum absolute atomic E-state index is 0.481. The Morgan fingerprint density at radius 2 is 2.08 bits per heavy atom. The third-order valence-electron chi connectivity index (χ3n) is 1.83. The van der Waals surface area contributed by atoms with Crippen LogP contribution >= 0.6 is 15.9 Å². The molecule has 0 amide bonds. The van der Waals surface area contributed by atoms with Gasteiger partial charge in [-0.25, -0.2) is 4.98 Å². The van der Waals surface area contributed by atoms with Crippen LogP contribution in [0.2, 0.25) is 0 Å². The fourth-order valence-electron chi connectivity index (χ4n) is 1.23. The van der Waals surface area contributed by atoms with E-state index in [1.807, 2.05) is 12.1 Å². The maximum absolute atomic E-state index is 12.9. The van der Waals surface area contributed by atoms with Crippen LogP contribution in [-0.4, -0.2) is 4.98 Å². The molecule has 0 spiro atoms. The number of benzene rings is 1. The third-order valence-corrected chi connectivity index (χ3v) is 2.43. The Balaban J connectivity index is 2.94. The Kier molecular flexibility index (Phi) is 1.92. The van der Waals surface area contributed by atoms with Gasteiger partial charge in [-0.05, 0) is 22.0 Å². The average Bonchev–Trinajstić information content (AvgIpc) is 2.07. The van der Waals surface area contributed by atoms with Crippen molar-refractivity contribution in [3.63, 3.8) is 0 Å². The second-order valence-electron chi connectivity index (χ2n) is 2.68. The lowest BCUT2D eigenvalue weighted by Crippen LogP contribution is -1.90. The van der Waals surface area contributed by atoms with Crippen molar-refractivity contribution < 1.29 is 4.39 Å². The van der Waals surface area contributed by atoms with E-state index in [2.05, 4.69) is 20.9 Å². The molecule has 0 fully saturated rings. The van der Waals surface area contributed by atoms with Gasteiger partial charge in [-0.3, -0.25) is 0 Å². The molecule has 2 aromatic rings. The Bertz CT molecular complexity index is 470. The first-order valence-electron chi connectivity index (χ1n) is 3.69. The highest BCUT2D eigenvalue weighted by atomic mass is 79.9. The minimum Gasteiger partial charge on any atom is -0.398 e. The minimum atomic E-state index is -0.530. The molecule has 1 aromatic heterocycles. The molecule has 0 bridgehead atoms. The van der Waals surface area contributed by atoms with Gasteiger partial charge in [0.05, 0.1) is 0 Å². The number of nitrogens with zero attached hydrogens (tertiary/aromatic N) is 1. The van der Waals surface area contributed by atoms with Crippen molar-refractivity contribution in [3.05, 3.63) is 34.8 Å². The summed E-state index contributed by atoms with van der Waals surface area (Å²) in [7, 11) is 0. The number of rotatable bonds is 0. The molecule has 0 saturated heterocycles. The first-order chi connectivity index (χ1) is 6.18. The fourth-order valence-corrected chi connectivity index (χ4v) is 1.74. The Morgan fingerprint density at radius 3 is 2.85 bits per heavy atom. The van der Waals surface area contributed by atoms with Gasteiger partial charge >= 0.3 is 0 Å². The quantitative estimate of drug-likeness (QED) is 0.568. The number of pyridine rings is 1. The van der Waals surface area contributed by atoms with Crippen molar-refractivity contribution in [2.24, 2.45) is 0 Å². The van der Waals surface area contributed by atoms with E-state index in [4.69, 9.17) is 5.73 Å². The number of anilines is 1. The summed E-state index contributed by atoms with van der Waals surface area (Å²) in [5, 5.41) is 1.50. The third kappa shape index (κ3) is 1.37. The predicted octanol–water partition coefficient (Wildman–Crippen LogP) is 2.72. The van der Waals surface area contributed by atoms with E-state index in [0.29, 0.717) is 15.7 Å². The summed E-state index contributed by atoms with van der Waals surface area (Å²) >= 11 is 3.18. The number of nitrogens with two attached hydrogens (primary N) is 1. The van der Waals surface area contributed by atoms with Gasteiger partial charge in [-0.15, -0.1) is 0 Å². The van der Waals surface area contributed by atoms with E-state index >= 15 is 0 Å². The van der Waals surface area contributed by atoms with Crippen LogP contribution in [0.3, 0.4) is 0 Å². The summed E-state index contributed by atoms with van der Waals surface area (Å²) in [5.74, 6) is -0.530. The van der Waals surface area contributed by atoms with Gasteiger partial charge < -0.3 is 5.73 Å². The van der Waals surface area contributed by atoms with E-state index in [1.165, 1.54) is 6.07 Å². The van der Waals surface area contributed by atoms with Gasteiger partial charge in [0.25, 0.3) is 0 Å². The Labute approximate surface area is 82.7 Å². The number of hydrogen-bond acceptors (Lipinski definition) is 2. The number of halogens is 2. The molecule has 2 nitrogen and oxygen atoms in total. The topological polar surface area (TPSA) is 38.9 Å². The highest BCUT2D eigenvalue weighted by Crippen LogP contribution is 2.26. The summed E-state index contributed by atoms with van der Waals surface area (Å²) in [6.07, 6.45) is 0. The van der Waals surface area contributed by atoms with Gasteiger partial charge in [0.2, 0.25) is 5.95 Å². The number of aromatic nitrogens is 1. The molecule has 4 heteroatoms. The number of hydrogen-bond donors (Lipinski definition) is 1. The predicted molar refractivity (Wildman–Crippen MR) is 53.8 cm³/mol. The summed E-state index contributed by atoms with van der Waals surface area (Å²) < 4.78 is 13.4. The highest BCUT2D eigenvalue weighted by molar-refractivity contribution is 9.10. The van der Waals surface area contributed by atoms with Crippen molar-refractivity contribution in [3.8, 4) is 0 Å². The van der Waals surface area contributed by atoms with Crippen LogP contribution in [0.25, 0.3) is 10.8 Å². The van der Waals surface area contributed by atoms with Crippen LogP contribution in [0, 0.1) is 5.95 Å². The lowest BCUT2D eigenvalue weighted by atomic mass is 10.1. The van der Waals surface area contributed by atoms with Crippen molar-refractivity contribution in [2.45, 2.75) is 0 Å². The Hall–Kier alpha value is -1.16. The maximum atomic E-state index is 12.9. The lowest BCUT2D eigenvalue weighted by molar-refractivity contribution is 0.584. The van der Waals surface area contributed by atoms with Gasteiger partial charge in [0, 0.05) is 22.5 Å². The SMILES string of the molecule is Nc1cccc2c(Br)nc(F)cc12. The standard InChI is InChI=1S/C9H6BrFN2/c10-9-5-2-1-3-7(12)6(5)4-8(11)13-9/h1-4H,12H2. The lowest BCUT2D eigenvalue weighted by Gasteiger charge is -2.02. The smallest absolute Gasteiger partial charge is 0.214 e. The van der Waals surface area contributed by atoms with E-state index in [1.54, 1.807) is 6.07 Å². The van der Waals surface area contributed by atoms with Crippen molar-refractivity contribution in [1.29, 1.82) is 0 Å². The Morgan fingerprint density at radius 1 is 1.31 bits per heavy atom. The molecule has 0 aliphatic carbocycles. The zero-order chi connectivity index (χ0) is 9.42. The molecule has 0 atom stereocenters. The summed E-state index contributed by atoms with van der Waals surface area (Å²) in [5.41, 5.74) is 6.23. The molecule has 0 aliphatic heterocycles. The van der Waals surface area contributed by atoms with Gasteiger partial charge in [0.1, 0.15) is 4.60 Å². The maximum Gasteiger partial charge on any atom is 0.214 e. The molecule has 13 heavy (non-hydrogen) atoms. The average molecular weight is 241 g/mol. The molecule has 0 saturated carbocycles. The molecule has 2 rings (SSSR count). The summed E-state index contributed by atoms with van der Waals surface area (Å²) in [6, 6.07) is 6.70. The molecule has 1 heterocycles. The summed E-state index contributed by atoms with van der Waals surface area (Å²) in [6.45, 7) is 0. The first-order valence-corrected chi connectivity index (χ1v) is 4.48. The normalized spacial score (nSPS) is 10.6. The van der Waals surface area contributed by atoms with Crippen LogP contribution in [-0.2, 0) is 0 Å². The monoisotopic (exact) mass is 240 g/mol. The number of fused-ring (bicyclic) bond motifs is 1. The summed E-state index contributed by atoms with van der Waals surface area (Å²) in [4.78, 5) is 3.64. The van der Waals surface area contributed by atoms with Gasteiger partial charge in [-0.2, -0.15) is 4.39 Å². The van der Waals surface area contributed by atoms with Crippen LogP contribution < -0.4 is 5.73 Å². The van der Waals surface area contributed by atoms with E-state index in [9.17, 15) is 4.39 Å². The second-order valence-corrected chi connectivity index (χ2v) is 3.43. The van der Waals surface area contributed by atoms with E-state index in [-0.39, 0.29) is 0 Å². The van der Waals surface area contributed by atoms with E-state index in [0.717, 1.165) is 5.39 Å². The van der Waals surface area contributed by atoms with E-state index < -0.39 is 5.95 Å². The zero-order valence-corrected chi connectivity index (χ0v) is 8.18. The largest absolute Gasteiger partial charge is 0.398 e. The molecule has 2 N–H and O–H groups in total. The van der Waals surface area contributed by atoms with Gasteiger partial charge in [-0.1, -0.05) is 12.1 Å². The van der Waals surface area contributed by atoms with Crippen LogP contribution in [0.15, 0.2) is 28.9 Å². The van der Waals surface area contributed by atoms with Crippen molar-refractivity contribution >= 4 is 32.4 Å². The molecule has 1 aromatic carbocycles. The van der Waals surface area contributed by atoms with Crippen LogP contribution in [0.4, 0.5) is 10.1 Å². The van der Waals surface area contributed by atoms with Crippen LogP contribution in [0.5, 0.6) is 0 Å². The highest BCUT2D eigenvalue weighted by Gasteiger charge is 2.04. The second kappa shape index (κ2) is 2.96. The molecular formula is C9H6BrFN2. The number of nitrogen functional groups attached to an aromatic ring is 1. The molecule has 0 radical (unpaired) electrons. The van der Waals surface area contributed by atoms with Crippen molar-refractivity contribution in [1.82, 2.24) is 4.98 Å². The molecule has 0 aliphatic rings. The fraction of sp³-hybridized carbons (Fsp3) is 0. The van der Waals surface area contributed by atoms with Crippen molar-refractivity contribution in [2.75, 3.05) is 5.73 Å². The molecular weight excluding hydrogens is 235 g/mol. The van der Waals surface area contributed by atoms with Crippen LogP contribution in [0.1, 0.15) is 0 Å². The first kappa shape index (κ1) is 8.44. The van der Waals surface area contributed by atoms with Gasteiger partial charge in [0.15, 0.2) is 0 Å². The molecule has 0 unspecified atom stereocenters. The molecule has 66 valence electrons.